The summed E-state index contributed by atoms with van der Waals surface area (Å²) in [6.07, 6.45) is 0. The van der Waals surface area contributed by atoms with Gasteiger partial charge in [0.1, 0.15) is 0 Å². The van der Waals surface area contributed by atoms with Crippen LogP contribution in [0, 0.1) is 10.2 Å². The lowest BCUT2D eigenvalue weighted by atomic mass is 10.0. The van der Waals surface area contributed by atoms with Gasteiger partial charge in [0.05, 0.1) is 0 Å². The molecule has 0 heterocycles. The first kappa shape index (κ1) is 20.4. The second kappa shape index (κ2) is 6.03. The van der Waals surface area contributed by atoms with E-state index in [9.17, 15) is 0 Å². The van der Waals surface area contributed by atoms with E-state index in [2.05, 4.69) is 66.7 Å². The maximum absolute atomic E-state index is 8.49. The van der Waals surface area contributed by atoms with Crippen LogP contribution < -0.4 is 18.6 Å². The fourth-order valence-electron chi connectivity index (χ4n) is 2.76. The third-order valence-electron chi connectivity index (χ3n) is 1.84. The Hall–Kier alpha value is 0.0900. The summed E-state index contributed by atoms with van der Waals surface area (Å²) in [5.74, 6) is 0. The molecule has 0 bridgehead atoms. The molecule has 0 spiro atoms. The Kier molecular flexibility index (Phi) is 6.84. The third-order valence-corrected chi connectivity index (χ3v) is 1.84. The zero-order valence-corrected chi connectivity index (χ0v) is 13.7. The van der Waals surface area contributed by atoms with Crippen LogP contribution in [-0.4, -0.2) is 16.8 Å². The van der Waals surface area contributed by atoms with Gasteiger partial charge in [-0.2, -0.15) is 0 Å². The molecule has 0 N–H and O–H groups in total. The molecule has 0 aliphatic heterocycles. The van der Waals surface area contributed by atoms with Gasteiger partial charge in [0, 0.05) is 62.3 Å². The van der Waals surface area contributed by atoms with Crippen LogP contribution in [0.2, 0.25) is 0 Å². The molecule has 0 radical (unpaired) electrons. The van der Waals surface area contributed by atoms with Crippen molar-refractivity contribution in [1.82, 2.24) is 0 Å². The molecule has 0 rings (SSSR count). The van der Waals surface area contributed by atoms with Crippen molar-refractivity contribution in [2.24, 2.45) is 0 Å². The summed E-state index contributed by atoms with van der Waals surface area (Å²) in [7, 11) is -4.94. The predicted molar refractivity (Wildman–Crippen MR) is 60.3 cm³/mol. The minimum absolute atomic E-state index is 0.135. The molecule has 0 aliphatic carbocycles. The van der Waals surface area contributed by atoms with Crippen LogP contribution >= 0.6 is 0 Å². The normalized spacial score (nSPS) is 14.3. The number of hydrogen-bond donors (Lipinski definition) is 0. The lowest BCUT2D eigenvalue weighted by Gasteiger charge is -2.49. The van der Waals surface area contributed by atoms with Crippen LogP contribution in [0.3, 0.4) is 0 Å². The Morgan fingerprint density at radius 3 is 0.667 bits per heavy atom. The highest BCUT2D eigenvalue weighted by atomic mass is 35.7. The van der Waals surface area contributed by atoms with Gasteiger partial charge >= 0.3 is 0 Å². The second-order valence-electron chi connectivity index (χ2n) is 7.02. The largest absolute Gasteiger partial charge is 0.410 e. The predicted octanol–water partition coefficient (Wildman–Crippen LogP) is -0.822. The van der Waals surface area contributed by atoms with Gasteiger partial charge in [0.15, 0.2) is 16.8 Å². The highest BCUT2D eigenvalue weighted by Gasteiger charge is 2.45. The van der Waals surface area contributed by atoms with Crippen molar-refractivity contribution in [1.29, 1.82) is 0 Å². The fraction of sp³-hybridized carbons (Fsp3) is 1.00. The molecule has 6 heteroatoms. The molecule has 0 aromatic heterocycles. The van der Waals surface area contributed by atoms with E-state index in [-0.39, 0.29) is 16.8 Å². The summed E-state index contributed by atoms with van der Waals surface area (Å²) in [6.45, 7) is 20.2. The third kappa shape index (κ3) is 11.2. The zero-order chi connectivity index (χ0) is 15.6. The Labute approximate surface area is 113 Å². The van der Waals surface area contributed by atoms with Gasteiger partial charge in [0.2, 0.25) is 0 Å². The van der Waals surface area contributed by atoms with Gasteiger partial charge in [-0.05, 0) is 0 Å². The molecular weight excluding hydrogens is 260 g/mol. The molecule has 0 aromatic carbocycles. The summed E-state index contributed by atoms with van der Waals surface area (Å²) in [6, 6.07) is 0. The van der Waals surface area contributed by atoms with Crippen molar-refractivity contribution in [3.05, 3.63) is 0 Å². The lowest BCUT2D eigenvalue weighted by molar-refractivity contribution is -2.00. The minimum Gasteiger partial charge on any atom is -0.410 e. The fourth-order valence-corrected chi connectivity index (χ4v) is 2.76. The maximum Gasteiger partial charge on any atom is 0.157 e. The molecule has 0 saturated carbocycles. The highest BCUT2D eigenvalue weighted by molar-refractivity contribution is 4.83. The van der Waals surface area contributed by atoms with Gasteiger partial charge < -0.3 is 4.37 Å². The first-order valence-corrected chi connectivity index (χ1v) is 6.96. The number of rotatable bonds is 0. The van der Waals surface area contributed by atoms with Crippen LogP contribution in [0.25, 0.3) is 0 Å². The molecule has 0 fully saturated rings. The van der Waals surface area contributed by atoms with Crippen molar-refractivity contribution in [2.75, 3.05) is 0 Å². The smallest absolute Gasteiger partial charge is 0.157 e. The maximum atomic E-state index is 8.49. The first-order valence-electron chi connectivity index (χ1n) is 5.73. The Morgan fingerprint density at radius 1 is 0.556 bits per heavy atom. The molecule has 0 amide bonds. The van der Waals surface area contributed by atoms with E-state index >= 15 is 0 Å². The van der Waals surface area contributed by atoms with E-state index < -0.39 is 10.2 Å². The molecule has 0 unspecified atom stereocenters. The Morgan fingerprint density at radius 2 is 0.667 bits per heavy atom. The quantitative estimate of drug-likeness (QED) is 0.544. The monoisotopic (exact) mass is 286 g/mol. The average Bonchev–Trinajstić information content (AvgIpc) is 1.65. The van der Waals surface area contributed by atoms with E-state index in [1.54, 1.807) is 0 Å². The molecule has 0 aromatic rings. The second-order valence-corrected chi connectivity index (χ2v) is 7.78. The average molecular weight is 287 g/mol. The Balaban J connectivity index is 0. The van der Waals surface area contributed by atoms with E-state index in [0.717, 1.165) is 0 Å². The summed E-state index contributed by atoms with van der Waals surface area (Å²) in [4.78, 5) is 0. The van der Waals surface area contributed by atoms with Gasteiger partial charge in [-0.25, -0.2) is 18.6 Å². The van der Waals surface area contributed by atoms with Gasteiger partial charge in [-0.1, -0.05) is 0 Å². The summed E-state index contributed by atoms with van der Waals surface area (Å²) >= 11 is 0. The van der Waals surface area contributed by atoms with Crippen LogP contribution in [0.4, 0.5) is 0 Å². The van der Waals surface area contributed by atoms with Crippen molar-refractivity contribution in [3.63, 3.8) is 0 Å². The zero-order valence-electron chi connectivity index (χ0n) is 12.9. The summed E-state index contributed by atoms with van der Waals surface area (Å²) < 4.78 is 37.5. The highest BCUT2D eigenvalue weighted by Crippen LogP contribution is 2.38. The lowest BCUT2D eigenvalue weighted by Crippen LogP contribution is -2.68. The van der Waals surface area contributed by atoms with E-state index in [1.807, 2.05) is 0 Å². The van der Waals surface area contributed by atoms with Crippen LogP contribution in [-0.2, 0) is 4.37 Å². The summed E-state index contributed by atoms with van der Waals surface area (Å²) in [5.41, 5.74) is 0.406. The van der Waals surface area contributed by atoms with Crippen molar-refractivity contribution in [3.8, 4) is 0 Å². The van der Waals surface area contributed by atoms with E-state index in [0.29, 0.717) is 0 Å². The number of hydrogen-bond acceptors (Lipinski definition) is 4. The SMILES string of the molecule is CC(C)(C)[O+](C(C)(C)C)C(C)(C)C.[O-][Cl+3]([O-])([O-])[O-]. The van der Waals surface area contributed by atoms with Crippen molar-refractivity contribution >= 4 is 0 Å². The molecule has 18 heavy (non-hydrogen) atoms. The van der Waals surface area contributed by atoms with E-state index in [4.69, 9.17) is 18.6 Å². The minimum atomic E-state index is -4.94. The van der Waals surface area contributed by atoms with Crippen LogP contribution in [0.1, 0.15) is 62.3 Å². The number of halogens is 1. The topological polar surface area (TPSA) is 94.9 Å². The molecule has 0 saturated heterocycles. The standard InChI is InChI=1S/C12H27O.ClHO4/c1-10(2,3)13(11(4,5)6)12(7,8)9;2-1(3,4)5/h1-9H3;(H,2,3,4,5)/q+1;/p-1. The molecule has 0 aliphatic rings. The van der Waals surface area contributed by atoms with Crippen molar-refractivity contribution in [2.45, 2.75) is 79.1 Å². The first-order chi connectivity index (χ1) is 7.37. The van der Waals surface area contributed by atoms with Crippen LogP contribution in [0.15, 0.2) is 0 Å². The van der Waals surface area contributed by atoms with Crippen LogP contribution in [0.5, 0.6) is 0 Å². The summed E-state index contributed by atoms with van der Waals surface area (Å²) in [5, 5.41) is 0. The van der Waals surface area contributed by atoms with Gasteiger partial charge in [-0.3, -0.25) is 0 Å². The van der Waals surface area contributed by atoms with Gasteiger partial charge in [-0.15, -0.1) is 10.2 Å². The van der Waals surface area contributed by atoms with Gasteiger partial charge in [0.25, 0.3) is 0 Å². The van der Waals surface area contributed by atoms with E-state index in [1.165, 1.54) is 0 Å². The molecule has 0 atom stereocenters. The molecule has 5 nitrogen and oxygen atoms in total. The molecule has 112 valence electrons. The van der Waals surface area contributed by atoms with Crippen molar-refractivity contribution < 1.29 is 33.2 Å². The Bertz CT molecular complexity index is 200. The molecular formula is C12H27ClO5.